The summed E-state index contributed by atoms with van der Waals surface area (Å²) in [7, 11) is -1.93. The van der Waals surface area contributed by atoms with Gasteiger partial charge in [0.2, 0.25) is 14.1 Å². The minimum atomic E-state index is -1.93. The first-order chi connectivity index (χ1) is 13.5. The first-order valence-corrected chi connectivity index (χ1v) is 13.0. The molecule has 1 aliphatic heterocycles. The molecule has 1 aliphatic rings. The fraction of sp³-hybridized carbons (Fsp3) is 0.478. The number of ether oxygens (including phenoxy) is 2. The van der Waals surface area contributed by atoms with Gasteiger partial charge in [0, 0.05) is 0 Å². The number of hydrogen-bond donors (Lipinski definition) is 0. The van der Waals surface area contributed by atoms with Gasteiger partial charge in [0.05, 0.1) is 13.2 Å². The Kier molecular flexibility index (Phi) is 7.46. The topological polar surface area (TPSA) is 61.8 Å². The van der Waals surface area contributed by atoms with Crippen LogP contribution in [-0.4, -0.2) is 33.3 Å². The van der Waals surface area contributed by atoms with Gasteiger partial charge in [0.15, 0.2) is 5.76 Å². The highest BCUT2D eigenvalue weighted by atomic mass is 28.4. The van der Waals surface area contributed by atoms with Crippen molar-refractivity contribution >= 4 is 26.1 Å². The summed E-state index contributed by atoms with van der Waals surface area (Å²) < 4.78 is 16.8. The lowest BCUT2D eigenvalue weighted by Crippen LogP contribution is -2.43. The Balaban J connectivity index is 2.27. The molecule has 0 bridgehead atoms. The van der Waals surface area contributed by atoms with Gasteiger partial charge in [-0.3, -0.25) is 4.79 Å². The summed E-state index contributed by atoms with van der Waals surface area (Å²) in [4.78, 5) is 25.2. The van der Waals surface area contributed by atoms with Crippen LogP contribution < -0.4 is 4.43 Å². The highest BCUT2D eigenvalue weighted by Gasteiger charge is 2.38. The monoisotopic (exact) mass is 416 g/mol. The van der Waals surface area contributed by atoms with Gasteiger partial charge in [-0.1, -0.05) is 32.9 Å². The first kappa shape index (κ1) is 22.9. The van der Waals surface area contributed by atoms with Gasteiger partial charge in [-0.15, -0.1) is 0 Å². The normalized spacial score (nSPS) is 15.2. The molecule has 158 valence electrons. The van der Waals surface area contributed by atoms with Crippen LogP contribution in [0.1, 0.15) is 46.1 Å². The second-order valence-electron chi connectivity index (χ2n) is 8.60. The molecule has 0 unspecified atom stereocenters. The second kappa shape index (κ2) is 9.44. The zero-order chi connectivity index (χ0) is 21.7. The SMILES string of the molecule is CCOC(=O)/C(=C\c1ccc(O[Si](C)(C)C(C)(C)C)cc1)C(=O)C1=CCCCO1. The number of hydrogen-bond acceptors (Lipinski definition) is 5. The van der Waals surface area contributed by atoms with Crippen LogP contribution in [0.15, 0.2) is 41.7 Å². The number of ketones is 1. The van der Waals surface area contributed by atoms with E-state index in [1.54, 1.807) is 19.1 Å². The number of esters is 1. The van der Waals surface area contributed by atoms with E-state index in [-0.39, 0.29) is 23.0 Å². The summed E-state index contributed by atoms with van der Waals surface area (Å²) in [5.41, 5.74) is 0.693. The highest BCUT2D eigenvalue weighted by Crippen LogP contribution is 2.37. The molecule has 1 aromatic carbocycles. The van der Waals surface area contributed by atoms with Crippen molar-refractivity contribution in [1.29, 1.82) is 0 Å². The zero-order valence-corrected chi connectivity index (χ0v) is 19.3. The van der Waals surface area contributed by atoms with Crippen LogP contribution >= 0.6 is 0 Å². The lowest BCUT2D eigenvalue weighted by atomic mass is 10.0. The predicted molar refractivity (Wildman–Crippen MR) is 117 cm³/mol. The molecule has 5 nitrogen and oxygen atoms in total. The number of benzene rings is 1. The lowest BCUT2D eigenvalue weighted by Gasteiger charge is -2.36. The molecule has 0 saturated carbocycles. The van der Waals surface area contributed by atoms with Gasteiger partial charge in [-0.2, -0.15) is 0 Å². The van der Waals surface area contributed by atoms with E-state index in [9.17, 15) is 9.59 Å². The van der Waals surface area contributed by atoms with Crippen LogP contribution in [0.5, 0.6) is 5.75 Å². The molecule has 1 aromatic rings. The highest BCUT2D eigenvalue weighted by molar-refractivity contribution is 6.74. The number of allylic oxidation sites excluding steroid dienone is 2. The van der Waals surface area contributed by atoms with E-state index in [4.69, 9.17) is 13.9 Å². The molecule has 29 heavy (non-hydrogen) atoms. The van der Waals surface area contributed by atoms with Crippen LogP contribution in [0.2, 0.25) is 18.1 Å². The molecular formula is C23H32O5Si. The molecule has 0 atom stereocenters. The summed E-state index contributed by atoms with van der Waals surface area (Å²) in [6.07, 6.45) is 4.91. The van der Waals surface area contributed by atoms with E-state index in [0.717, 1.165) is 24.2 Å². The maximum atomic E-state index is 12.8. The fourth-order valence-corrected chi connectivity index (χ4v) is 3.55. The number of carbonyl (C=O) groups is 2. The van der Waals surface area contributed by atoms with Crippen molar-refractivity contribution in [2.75, 3.05) is 13.2 Å². The van der Waals surface area contributed by atoms with E-state index >= 15 is 0 Å². The van der Waals surface area contributed by atoms with Crippen molar-refractivity contribution in [3.8, 4) is 5.75 Å². The smallest absolute Gasteiger partial charge is 0.342 e. The minimum absolute atomic E-state index is 0.0296. The van der Waals surface area contributed by atoms with Gasteiger partial charge < -0.3 is 13.9 Å². The zero-order valence-electron chi connectivity index (χ0n) is 18.3. The Hall–Kier alpha value is -2.34. The molecule has 0 radical (unpaired) electrons. The Morgan fingerprint density at radius 3 is 2.34 bits per heavy atom. The maximum Gasteiger partial charge on any atom is 0.342 e. The molecule has 0 fully saturated rings. The molecule has 0 spiro atoms. The van der Waals surface area contributed by atoms with E-state index in [1.165, 1.54) is 0 Å². The van der Waals surface area contributed by atoms with Gasteiger partial charge in [-0.25, -0.2) is 4.79 Å². The lowest BCUT2D eigenvalue weighted by molar-refractivity contribution is -0.139. The standard InChI is InChI=1S/C23H32O5Si/c1-7-26-22(25)19(21(24)20-10-8-9-15-27-20)16-17-11-13-18(14-12-17)28-29(5,6)23(2,3)4/h10-14,16H,7-9,15H2,1-6H3/b19-16-. The van der Waals surface area contributed by atoms with Crippen molar-refractivity contribution in [3.63, 3.8) is 0 Å². The summed E-state index contributed by atoms with van der Waals surface area (Å²) >= 11 is 0. The molecule has 0 amide bonds. The maximum absolute atomic E-state index is 12.8. The van der Waals surface area contributed by atoms with Crippen LogP contribution in [0.4, 0.5) is 0 Å². The Bertz CT molecular complexity index is 798. The minimum Gasteiger partial charge on any atom is -0.544 e. The van der Waals surface area contributed by atoms with Crippen LogP contribution in [0.25, 0.3) is 6.08 Å². The van der Waals surface area contributed by atoms with Crippen LogP contribution in [0, 0.1) is 0 Å². The summed E-state index contributed by atoms with van der Waals surface area (Å²) in [6.45, 7) is 13.3. The van der Waals surface area contributed by atoms with E-state index < -0.39 is 20.1 Å². The van der Waals surface area contributed by atoms with Crippen LogP contribution in [-0.2, 0) is 19.1 Å². The molecule has 0 saturated heterocycles. The van der Waals surface area contributed by atoms with Crippen LogP contribution in [0.3, 0.4) is 0 Å². The average Bonchev–Trinajstić information content (AvgIpc) is 2.66. The number of Topliss-reactive ketones (excluding diaryl/α,β-unsaturated/α-hetero) is 1. The molecule has 0 aromatic heterocycles. The third-order valence-corrected chi connectivity index (χ3v) is 9.63. The van der Waals surface area contributed by atoms with E-state index in [0.29, 0.717) is 6.61 Å². The number of rotatable bonds is 7. The summed E-state index contributed by atoms with van der Waals surface area (Å²) in [6, 6.07) is 7.42. The van der Waals surface area contributed by atoms with Crippen molar-refractivity contribution in [1.82, 2.24) is 0 Å². The first-order valence-electron chi connectivity index (χ1n) is 10.1. The van der Waals surface area contributed by atoms with Gasteiger partial charge >= 0.3 is 5.97 Å². The third kappa shape index (κ3) is 6.06. The molecule has 0 aliphatic carbocycles. The van der Waals surface area contributed by atoms with Gasteiger partial charge in [-0.05, 0) is 67.7 Å². The van der Waals surface area contributed by atoms with Gasteiger partial charge in [0.25, 0.3) is 0 Å². The van der Waals surface area contributed by atoms with E-state index in [2.05, 4.69) is 33.9 Å². The van der Waals surface area contributed by atoms with Crippen molar-refractivity contribution < 1.29 is 23.5 Å². The molecule has 0 N–H and O–H groups in total. The molecule has 2 rings (SSSR count). The summed E-state index contributed by atoms with van der Waals surface area (Å²) in [5, 5.41) is 0.1000. The summed E-state index contributed by atoms with van der Waals surface area (Å²) in [5.74, 6) is -0.0802. The van der Waals surface area contributed by atoms with Crippen molar-refractivity contribution in [2.45, 2.75) is 58.7 Å². The predicted octanol–water partition coefficient (Wildman–Crippen LogP) is 5.28. The Morgan fingerprint density at radius 1 is 1.17 bits per heavy atom. The quantitative estimate of drug-likeness (QED) is 0.199. The third-order valence-electron chi connectivity index (χ3n) is 5.27. The average molecular weight is 417 g/mol. The number of carbonyl (C=O) groups excluding carboxylic acids is 2. The molecule has 6 heteroatoms. The van der Waals surface area contributed by atoms with Crippen molar-refractivity contribution in [2.24, 2.45) is 0 Å². The van der Waals surface area contributed by atoms with Crippen molar-refractivity contribution in [3.05, 3.63) is 47.2 Å². The fourth-order valence-electron chi connectivity index (χ4n) is 2.52. The molecule has 1 heterocycles. The van der Waals surface area contributed by atoms with E-state index in [1.807, 2.05) is 24.3 Å². The Labute approximate surface area is 174 Å². The van der Waals surface area contributed by atoms with Gasteiger partial charge in [0.1, 0.15) is 11.3 Å². The Morgan fingerprint density at radius 2 is 1.83 bits per heavy atom. The largest absolute Gasteiger partial charge is 0.544 e. The second-order valence-corrected chi connectivity index (χ2v) is 13.3. The molecular weight excluding hydrogens is 384 g/mol.